The monoisotopic (exact) mass is 209 g/mol. The third kappa shape index (κ3) is 6.20. The van der Waals surface area contributed by atoms with E-state index in [0.717, 1.165) is 0 Å². The van der Waals surface area contributed by atoms with E-state index in [1.54, 1.807) is 0 Å². The highest BCUT2D eigenvalue weighted by Crippen LogP contribution is 2.36. The van der Waals surface area contributed by atoms with Crippen LogP contribution in [0.15, 0.2) is 0 Å². The van der Waals surface area contributed by atoms with Gasteiger partial charge < -0.3 is 5.32 Å². The third-order valence-electron chi connectivity index (χ3n) is 1.55. The summed E-state index contributed by atoms with van der Waals surface area (Å²) in [5.41, 5.74) is 0. The quantitative estimate of drug-likeness (QED) is 0.615. The van der Waals surface area contributed by atoms with Crippen LogP contribution < -0.4 is 5.32 Å². The number of nitrogens with one attached hydrogen (secondary N) is 1. The second-order valence-electron chi connectivity index (χ2n) is 2.49. The summed E-state index contributed by atoms with van der Waals surface area (Å²) in [4.78, 5) is 0. The molecule has 0 aromatic rings. The van der Waals surface area contributed by atoms with E-state index < -0.39 is 0 Å². The highest BCUT2D eigenvalue weighted by atomic mass is 33.1. The first-order chi connectivity index (χ1) is 5.50. The molecule has 0 radical (unpaired) electrons. The van der Waals surface area contributed by atoms with Gasteiger partial charge in [-0.2, -0.15) is 0 Å². The maximum absolute atomic E-state index is 3.28. The average Bonchev–Trinajstić information content (AvgIpc) is 2.64. The van der Waals surface area contributed by atoms with Gasteiger partial charge in [-0.15, -0.1) is 11.8 Å². The van der Waals surface area contributed by atoms with Gasteiger partial charge >= 0.3 is 0 Å². The fourth-order valence-electron chi connectivity index (χ4n) is 0.972. The van der Waals surface area contributed by atoms with Gasteiger partial charge in [0, 0.05) is 0 Å². The molecule has 2 aliphatic heterocycles. The molecule has 2 fully saturated rings. The van der Waals surface area contributed by atoms with Crippen molar-refractivity contribution in [3.05, 3.63) is 0 Å². The number of rotatable bonds is 0. The molecule has 0 aliphatic carbocycles. The van der Waals surface area contributed by atoms with Gasteiger partial charge in [-0.05, 0) is 25.9 Å². The number of hydrogen-bond donors (Lipinski definition) is 1. The zero-order valence-electron chi connectivity index (χ0n) is 6.67. The molecule has 0 bridgehead atoms. The molecule has 0 spiro atoms. The lowest BCUT2D eigenvalue weighted by Gasteiger charge is -2.08. The summed E-state index contributed by atoms with van der Waals surface area (Å²) in [5, 5.41) is 5.88. The van der Waals surface area contributed by atoms with E-state index in [1.165, 1.54) is 42.5 Å². The SMILES string of the molecule is C1CCNCC1.C1SCSS1. The fourth-order valence-corrected chi connectivity index (χ4v) is 5.39. The van der Waals surface area contributed by atoms with Gasteiger partial charge in [0.25, 0.3) is 0 Å². The molecule has 0 atom stereocenters. The Labute approximate surface area is 81.2 Å². The first-order valence-corrected chi connectivity index (χ1v) is 7.67. The standard InChI is InChI=1S/C5H11N.C2H4S3/c1-2-4-6-5-3-1;1-3-2-5-4-1/h6H,1-5H2;1-2H2. The molecule has 0 amide bonds. The molecule has 66 valence electrons. The van der Waals surface area contributed by atoms with Crippen molar-refractivity contribution in [1.29, 1.82) is 0 Å². The van der Waals surface area contributed by atoms with Gasteiger partial charge in [-0.1, -0.05) is 28.0 Å². The molecule has 11 heavy (non-hydrogen) atoms. The topological polar surface area (TPSA) is 12.0 Å². The maximum Gasteiger partial charge on any atom is 0.0505 e. The van der Waals surface area contributed by atoms with Crippen LogP contribution in [0.3, 0.4) is 0 Å². The highest BCUT2D eigenvalue weighted by molar-refractivity contribution is 8.82. The van der Waals surface area contributed by atoms with Crippen LogP contribution in [0.25, 0.3) is 0 Å². The number of piperidine rings is 1. The van der Waals surface area contributed by atoms with Gasteiger partial charge in [-0.3, -0.25) is 0 Å². The molecule has 0 aromatic heterocycles. The minimum atomic E-state index is 1.25. The molecular weight excluding hydrogens is 194 g/mol. The van der Waals surface area contributed by atoms with Gasteiger partial charge in [0.1, 0.15) is 0 Å². The van der Waals surface area contributed by atoms with Crippen molar-refractivity contribution in [2.75, 3.05) is 23.3 Å². The molecule has 1 nitrogen and oxygen atoms in total. The lowest BCUT2D eigenvalue weighted by atomic mass is 10.2. The van der Waals surface area contributed by atoms with Crippen LogP contribution in [-0.4, -0.2) is 23.3 Å². The molecule has 0 unspecified atom stereocenters. The van der Waals surface area contributed by atoms with E-state index in [-0.39, 0.29) is 0 Å². The summed E-state index contributed by atoms with van der Waals surface area (Å²) in [5.74, 6) is 0. The van der Waals surface area contributed by atoms with Crippen LogP contribution in [0.5, 0.6) is 0 Å². The Balaban J connectivity index is 0.000000112. The summed E-state index contributed by atoms with van der Waals surface area (Å²) in [6.45, 7) is 2.50. The van der Waals surface area contributed by atoms with Crippen LogP contribution in [0.1, 0.15) is 19.3 Å². The highest BCUT2D eigenvalue weighted by Gasteiger charge is 1.96. The molecule has 0 saturated carbocycles. The molecule has 0 aromatic carbocycles. The smallest absolute Gasteiger partial charge is 0.0505 e. The lowest BCUT2D eigenvalue weighted by molar-refractivity contribution is 0.520. The lowest BCUT2D eigenvalue weighted by Crippen LogP contribution is -2.21. The largest absolute Gasteiger partial charge is 0.317 e. The van der Waals surface area contributed by atoms with Crippen molar-refractivity contribution in [3.8, 4) is 0 Å². The Morgan fingerprint density at radius 1 is 0.818 bits per heavy atom. The second kappa shape index (κ2) is 7.65. The maximum atomic E-state index is 3.28. The number of thioether (sulfide) groups is 1. The van der Waals surface area contributed by atoms with Crippen molar-refractivity contribution in [2.45, 2.75) is 19.3 Å². The van der Waals surface area contributed by atoms with Crippen LogP contribution in [0.2, 0.25) is 0 Å². The molecule has 2 heterocycles. The summed E-state index contributed by atoms with van der Waals surface area (Å²) >= 11 is 2.00. The third-order valence-corrected chi connectivity index (χ3v) is 6.06. The predicted octanol–water partition coefficient (Wildman–Crippen LogP) is 2.79. The van der Waals surface area contributed by atoms with E-state index in [2.05, 4.69) is 5.32 Å². The number of hydrogen-bond acceptors (Lipinski definition) is 4. The van der Waals surface area contributed by atoms with Crippen LogP contribution in [0.4, 0.5) is 0 Å². The van der Waals surface area contributed by atoms with Crippen LogP contribution in [0, 0.1) is 0 Å². The molecule has 2 saturated heterocycles. The van der Waals surface area contributed by atoms with Crippen LogP contribution in [-0.2, 0) is 0 Å². The minimum Gasteiger partial charge on any atom is -0.317 e. The van der Waals surface area contributed by atoms with Gasteiger partial charge in [0.15, 0.2) is 0 Å². The molecule has 2 aliphatic rings. The molecule has 2 rings (SSSR count). The summed E-state index contributed by atoms with van der Waals surface area (Å²) in [7, 11) is 3.91. The predicted molar refractivity (Wildman–Crippen MR) is 59.2 cm³/mol. The Morgan fingerprint density at radius 2 is 1.45 bits per heavy atom. The van der Waals surface area contributed by atoms with Gasteiger partial charge in [0.2, 0.25) is 0 Å². The van der Waals surface area contributed by atoms with E-state index in [4.69, 9.17) is 0 Å². The average molecular weight is 209 g/mol. The zero-order valence-corrected chi connectivity index (χ0v) is 9.12. The molecule has 4 heteroatoms. The van der Waals surface area contributed by atoms with Crippen molar-refractivity contribution in [2.24, 2.45) is 0 Å². The first kappa shape index (κ1) is 10.1. The van der Waals surface area contributed by atoms with Crippen molar-refractivity contribution < 1.29 is 0 Å². The van der Waals surface area contributed by atoms with Crippen molar-refractivity contribution in [1.82, 2.24) is 5.32 Å². The summed E-state index contributed by atoms with van der Waals surface area (Å²) in [6, 6.07) is 0. The fraction of sp³-hybridized carbons (Fsp3) is 1.00. The molecular formula is C7H15NS3. The Morgan fingerprint density at radius 3 is 1.64 bits per heavy atom. The molecule has 1 N–H and O–H groups in total. The van der Waals surface area contributed by atoms with Crippen molar-refractivity contribution >= 4 is 33.3 Å². The van der Waals surface area contributed by atoms with Gasteiger partial charge in [-0.25, -0.2) is 0 Å². The van der Waals surface area contributed by atoms with E-state index in [0.29, 0.717) is 0 Å². The second-order valence-corrected chi connectivity index (χ2v) is 6.67. The Bertz CT molecular complexity index is 62.6. The minimum absolute atomic E-state index is 1.25. The zero-order chi connectivity index (χ0) is 7.78. The Kier molecular flexibility index (Phi) is 7.02. The summed E-state index contributed by atoms with van der Waals surface area (Å²) in [6.07, 6.45) is 4.22. The van der Waals surface area contributed by atoms with E-state index >= 15 is 0 Å². The van der Waals surface area contributed by atoms with Gasteiger partial charge in [0.05, 0.1) is 10.2 Å². The van der Waals surface area contributed by atoms with Crippen LogP contribution >= 0.6 is 33.3 Å². The summed E-state index contributed by atoms with van der Waals surface area (Å²) < 4.78 is 0. The van der Waals surface area contributed by atoms with E-state index in [1.807, 2.05) is 33.3 Å². The normalized spacial score (nSPS) is 24.0. The van der Waals surface area contributed by atoms with Crippen molar-refractivity contribution in [3.63, 3.8) is 0 Å². The van der Waals surface area contributed by atoms with E-state index in [9.17, 15) is 0 Å². The Hall–Kier alpha value is 1.01. The first-order valence-electron chi connectivity index (χ1n) is 4.03.